The summed E-state index contributed by atoms with van der Waals surface area (Å²) in [6, 6.07) is 13.7. The van der Waals surface area contributed by atoms with Crippen molar-refractivity contribution in [2.75, 3.05) is 43.2 Å². The van der Waals surface area contributed by atoms with E-state index in [0.29, 0.717) is 11.5 Å². The fourth-order valence-electron chi connectivity index (χ4n) is 3.66. The lowest BCUT2D eigenvalue weighted by molar-refractivity contribution is -0.120. The van der Waals surface area contributed by atoms with Crippen LogP contribution in [0, 0.1) is 6.92 Å². The zero-order valence-corrected chi connectivity index (χ0v) is 15.8. The van der Waals surface area contributed by atoms with Gasteiger partial charge in [0, 0.05) is 43.6 Å². The minimum absolute atomic E-state index is 0.00166. The van der Waals surface area contributed by atoms with E-state index in [1.54, 1.807) is 0 Å². The van der Waals surface area contributed by atoms with Gasteiger partial charge in [-0.1, -0.05) is 18.2 Å². The molecule has 0 aromatic heterocycles. The zero-order valence-electron chi connectivity index (χ0n) is 15.8. The molecular weight excluding hydrogens is 342 g/mol. The van der Waals surface area contributed by atoms with Gasteiger partial charge in [-0.15, -0.1) is 0 Å². The van der Waals surface area contributed by atoms with Crippen LogP contribution in [0.1, 0.15) is 12.5 Å². The third-order valence-electron chi connectivity index (χ3n) is 5.34. The molecule has 2 aliphatic rings. The van der Waals surface area contributed by atoms with Crippen LogP contribution in [0.5, 0.6) is 11.5 Å². The molecule has 0 spiro atoms. The Balaban J connectivity index is 1.34. The molecule has 4 rings (SSSR count). The van der Waals surface area contributed by atoms with Gasteiger partial charge in [-0.2, -0.15) is 0 Å². The SMILES string of the molecule is Cc1ccccc1N1CCN([C@H](C)C(=O)Nc2ccc3c(c2)OCO3)CC1. The van der Waals surface area contributed by atoms with E-state index in [-0.39, 0.29) is 18.7 Å². The molecule has 2 heterocycles. The first-order valence-corrected chi connectivity index (χ1v) is 9.37. The Bertz CT molecular complexity index is 831. The second-order valence-corrected chi connectivity index (χ2v) is 7.04. The number of hydrogen-bond donors (Lipinski definition) is 1. The van der Waals surface area contributed by atoms with Crippen molar-refractivity contribution in [3.63, 3.8) is 0 Å². The lowest BCUT2D eigenvalue weighted by Crippen LogP contribution is -2.53. The van der Waals surface area contributed by atoms with Gasteiger partial charge in [0.15, 0.2) is 11.5 Å². The number of rotatable bonds is 4. The van der Waals surface area contributed by atoms with Crippen molar-refractivity contribution in [3.8, 4) is 11.5 Å². The van der Waals surface area contributed by atoms with E-state index in [1.165, 1.54) is 11.3 Å². The number of hydrogen-bond acceptors (Lipinski definition) is 5. The van der Waals surface area contributed by atoms with Crippen LogP contribution in [0.4, 0.5) is 11.4 Å². The van der Waals surface area contributed by atoms with Crippen molar-refractivity contribution in [2.45, 2.75) is 19.9 Å². The molecule has 6 heteroatoms. The highest BCUT2D eigenvalue weighted by atomic mass is 16.7. The van der Waals surface area contributed by atoms with Gasteiger partial charge in [0.1, 0.15) is 0 Å². The lowest BCUT2D eigenvalue weighted by Gasteiger charge is -2.39. The summed E-state index contributed by atoms with van der Waals surface area (Å²) in [5.41, 5.74) is 3.31. The molecule has 0 bridgehead atoms. The molecule has 6 nitrogen and oxygen atoms in total. The number of fused-ring (bicyclic) bond motifs is 1. The van der Waals surface area contributed by atoms with Gasteiger partial charge in [-0.05, 0) is 37.6 Å². The van der Waals surface area contributed by atoms with Crippen molar-refractivity contribution in [1.29, 1.82) is 0 Å². The highest BCUT2D eigenvalue weighted by Crippen LogP contribution is 2.34. The van der Waals surface area contributed by atoms with Crippen molar-refractivity contribution in [2.24, 2.45) is 0 Å². The van der Waals surface area contributed by atoms with E-state index in [1.807, 2.05) is 25.1 Å². The largest absolute Gasteiger partial charge is 0.454 e. The van der Waals surface area contributed by atoms with E-state index >= 15 is 0 Å². The average Bonchev–Trinajstić information content (AvgIpc) is 3.16. The predicted octanol–water partition coefficient (Wildman–Crippen LogP) is 2.87. The van der Waals surface area contributed by atoms with E-state index in [2.05, 4.69) is 46.3 Å². The Hall–Kier alpha value is -2.73. The molecule has 2 aliphatic heterocycles. The number of para-hydroxylation sites is 1. The highest BCUT2D eigenvalue weighted by molar-refractivity contribution is 5.94. The van der Waals surface area contributed by atoms with Crippen molar-refractivity contribution in [1.82, 2.24) is 4.90 Å². The second-order valence-electron chi connectivity index (χ2n) is 7.04. The third-order valence-corrected chi connectivity index (χ3v) is 5.34. The van der Waals surface area contributed by atoms with Crippen LogP contribution < -0.4 is 19.7 Å². The van der Waals surface area contributed by atoms with E-state index in [4.69, 9.17) is 9.47 Å². The maximum Gasteiger partial charge on any atom is 0.241 e. The number of carbonyl (C=O) groups excluding carboxylic acids is 1. The predicted molar refractivity (Wildman–Crippen MR) is 106 cm³/mol. The molecule has 1 N–H and O–H groups in total. The zero-order chi connectivity index (χ0) is 18.8. The second kappa shape index (κ2) is 7.48. The Morgan fingerprint density at radius 1 is 1.04 bits per heavy atom. The molecule has 0 aliphatic carbocycles. The quantitative estimate of drug-likeness (QED) is 0.901. The monoisotopic (exact) mass is 367 g/mol. The molecule has 1 saturated heterocycles. The number of benzene rings is 2. The molecule has 0 saturated carbocycles. The molecule has 2 aromatic carbocycles. The van der Waals surface area contributed by atoms with Crippen LogP contribution in [-0.2, 0) is 4.79 Å². The Kier molecular flexibility index (Phi) is 4.90. The number of nitrogens with zero attached hydrogens (tertiary/aromatic N) is 2. The molecule has 142 valence electrons. The number of aryl methyl sites for hydroxylation is 1. The number of amides is 1. The van der Waals surface area contributed by atoms with Gasteiger partial charge in [0.2, 0.25) is 12.7 Å². The van der Waals surface area contributed by atoms with Gasteiger partial charge in [-0.25, -0.2) is 0 Å². The standard InChI is InChI=1S/C21H25N3O3/c1-15-5-3-4-6-18(15)24-11-9-23(10-12-24)16(2)21(25)22-17-7-8-19-20(13-17)27-14-26-19/h3-8,13,16H,9-12,14H2,1-2H3,(H,22,25)/t16-/m1/s1. The number of carbonyl (C=O) groups is 1. The summed E-state index contributed by atoms with van der Waals surface area (Å²) in [7, 11) is 0. The molecule has 2 aromatic rings. The van der Waals surface area contributed by atoms with Crippen LogP contribution in [0.15, 0.2) is 42.5 Å². The summed E-state index contributed by atoms with van der Waals surface area (Å²) in [4.78, 5) is 17.3. The minimum Gasteiger partial charge on any atom is -0.454 e. The van der Waals surface area contributed by atoms with Crippen LogP contribution in [0.25, 0.3) is 0 Å². The Morgan fingerprint density at radius 3 is 2.56 bits per heavy atom. The summed E-state index contributed by atoms with van der Waals surface area (Å²) in [6.07, 6.45) is 0. The van der Waals surface area contributed by atoms with Crippen molar-refractivity contribution >= 4 is 17.3 Å². The van der Waals surface area contributed by atoms with Crippen LogP contribution in [0.3, 0.4) is 0 Å². The van der Waals surface area contributed by atoms with Gasteiger partial charge >= 0.3 is 0 Å². The van der Waals surface area contributed by atoms with Crippen molar-refractivity contribution in [3.05, 3.63) is 48.0 Å². The fraction of sp³-hybridized carbons (Fsp3) is 0.381. The Morgan fingerprint density at radius 2 is 1.78 bits per heavy atom. The molecule has 0 radical (unpaired) electrons. The lowest BCUT2D eigenvalue weighted by atomic mass is 10.1. The maximum atomic E-state index is 12.7. The van der Waals surface area contributed by atoms with Crippen LogP contribution >= 0.6 is 0 Å². The van der Waals surface area contributed by atoms with Gasteiger partial charge in [0.25, 0.3) is 0 Å². The summed E-state index contributed by atoms with van der Waals surface area (Å²) in [6.45, 7) is 7.91. The fourth-order valence-corrected chi connectivity index (χ4v) is 3.66. The summed E-state index contributed by atoms with van der Waals surface area (Å²) >= 11 is 0. The summed E-state index contributed by atoms with van der Waals surface area (Å²) in [5, 5.41) is 2.99. The first kappa shape index (κ1) is 17.7. The molecule has 0 unspecified atom stereocenters. The van der Waals surface area contributed by atoms with Gasteiger partial charge < -0.3 is 19.7 Å². The van der Waals surface area contributed by atoms with Gasteiger partial charge in [0.05, 0.1) is 6.04 Å². The van der Waals surface area contributed by atoms with E-state index < -0.39 is 0 Å². The average molecular weight is 367 g/mol. The molecule has 1 fully saturated rings. The van der Waals surface area contributed by atoms with E-state index in [0.717, 1.165) is 31.9 Å². The molecule has 1 atom stereocenters. The molecule has 1 amide bonds. The Labute approximate surface area is 159 Å². The number of nitrogens with one attached hydrogen (secondary N) is 1. The minimum atomic E-state index is -0.186. The highest BCUT2D eigenvalue weighted by Gasteiger charge is 2.26. The van der Waals surface area contributed by atoms with E-state index in [9.17, 15) is 4.79 Å². The molecule has 27 heavy (non-hydrogen) atoms. The number of piperazine rings is 1. The maximum absolute atomic E-state index is 12.7. The van der Waals surface area contributed by atoms with Crippen LogP contribution in [-0.4, -0.2) is 49.8 Å². The first-order chi connectivity index (χ1) is 13.1. The van der Waals surface area contributed by atoms with Crippen LogP contribution in [0.2, 0.25) is 0 Å². The molecular formula is C21H25N3O3. The van der Waals surface area contributed by atoms with Crippen molar-refractivity contribution < 1.29 is 14.3 Å². The smallest absolute Gasteiger partial charge is 0.241 e. The summed E-state index contributed by atoms with van der Waals surface area (Å²) < 4.78 is 10.7. The first-order valence-electron chi connectivity index (χ1n) is 9.37. The normalized spacial score (nSPS) is 17.6. The summed E-state index contributed by atoms with van der Waals surface area (Å²) in [5.74, 6) is 1.39. The van der Waals surface area contributed by atoms with Gasteiger partial charge in [-0.3, -0.25) is 9.69 Å². The topological polar surface area (TPSA) is 54.0 Å². The third kappa shape index (κ3) is 3.71. The number of anilines is 2. The number of ether oxygens (including phenoxy) is 2.